The van der Waals surface area contributed by atoms with Gasteiger partial charge in [-0.05, 0) is 19.3 Å². The first-order chi connectivity index (χ1) is 7.42. The molecule has 3 nitrogen and oxygen atoms in total. The summed E-state index contributed by atoms with van der Waals surface area (Å²) >= 11 is 0. The Balaban J connectivity index is 2.02. The lowest BCUT2D eigenvalue weighted by atomic mass is 9.95. The third-order valence-electron chi connectivity index (χ3n) is 3.17. The second kappa shape index (κ2) is 5.19. The molecule has 0 saturated heterocycles. The Kier molecular flexibility index (Phi) is 3.64. The molecule has 1 N–H and O–H groups in total. The van der Waals surface area contributed by atoms with Crippen LogP contribution in [-0.4, -0.2) is 16.1 Å². The first kappa shape index (κ1) is 10.5. The minimum absolute atomic E-state index is 0.681. The minimum atomic E-state index is 0.681. The smallest absolute Gasteiger partial charge is 0.203 e. The van der Waals surface area contributed by atoms with E-state index in [0.29, 0.717) is 6.04 Å². The normalized spacial score (nSPS) is 17.9. The fraction of sp³-hybridized carbons (Fsp3) is 0.750. The van der Waals surface area contributed by atoms with Gasteiger partial charge in [-0.25, -0.2) is 4.98 Å². The van der Waals surface area contributed by atoms with Crippen LogP contribution in [0.3, 0.4) is 0 Å². The van der Waals surface area contributed by atoms with E-state index < -0.39 is 0 Å². The summed E-state index contributed by atoms with van der Waals surface area (Å²) < 4.78 is 2.33. The summed E-state index contributed by atoms with van der Waals surface area (Å²) in [7, 11) is 0. The van der Waals surface area contributed by atoms with Gasteiger partial charge in [0.1, 0.15) is 0 Å². The summed E-state index contributed by atoms with van der Waals surface area (Å²) in [6.07, 6.45) is 12.0. The number of hydrogen-bond acceptors (Lipinski definition) is 2. The number of imidazole rings is 1. The Bertz CT molecular complexity index is 287. The van der Waals surface area contributed by atoms with Crippen molar-refractivity contribution in [3.05, 3.63) is 12.4 Å². The van der Waals surface area contributed by atoms with Gasteiger partial charge in [0.05, 0.1) is 0 Å². The zero-order valence-electron chi connectivity index (χ0n) is 9.58. The Labute approximate surface area is 91.9 Å². The highest BCUT2D eigenvalue weighted by Crippen LogP contribution is 2.29. The van der Waals surface area contributed by atoms with Gasteiger partial charge in [0, 0.05) is 25.0 Å². The highest BCUT2D eigenvalue weighted by molar-refractivity contribution is 5.26. The largest absolute Gasteiger partial charge is 0.356 e. The number of nitrogens with one attached hydrogen (secondary N) is 1. The van der Waals surface area contributed by atoms with Crippen molar-refractivity contribution in [1.29, 1.82) is 0 Å². The molecule has 1 aliphatic rings. The van der Waals surface area contributed by atoms with E-state index in [-0.39, 0.29) is 0 Å². The Hall–Kier alpha value is -0.990. The van der Waals surface area contributed by atoms with Crippen molar-refractivity contribution in [3.63, 3.8) is 0 Å². The van der Waals surface area contributed by atoms with E-state index in [1.54, 1.807) is 0 Å². The van der Waals surface area contributed by atoms with Gasteiger partial charge in [0.2, 0.25) is 5.95 Å². The molecule has 1 heterocycles. The summed E-state index contributed by atoms with van der Waals surface area (Å²) in [6.45, 7) is 3.20. The van der Waals surface area contributed by atoms with E-state index in [0.717, 1.165) is 18.9 Å². The topological polar surface area (TPSA) is 29.9 Å². The average molecular weight is 207 g/mol. The maximum Gasteiger partial charge on any atom is 0.203 e. The molecule has 0 amide bonds. The third kappa shape index (κ3) is 2.52. The predicted molar refractivity (Wildman–Crippen MR) is 63.1 cm³/mol. The standard InChI is InChI=1S/C12H21N3/c1-2-8-13-12-14-9-10-15(12)11-6-4-3-5-7-11/h9-11H,2-8H2,1H3,(H,13,14). The predicted octanol–water partition coefficient (Wildman–Crippen LogP) is 3.21. The van der Waals surface area contributed by atoms with Crippen LogP contribution in [0.15, 0.2) is 12.4 Å². The van der Waals surface area contributed by atoms with Crippen molar-refractivity contribution >= 4 is 5.95 Å². The molecule has 2 rings (SSSR count). The van der Waals surface area contributed by atoms with Gasteiger partial charge in [-0.3, -0.25) is 0 Å². The molecule has 1 saturated carbocycles. The zero-order valence-corrected chi connectivity index (χ0v) is 9.58. The summed E-state index contributed by atoms with van der Waals surface area (Å²) in [5, 5.41) is 3.39. The van der Waals surface area contributed by atoms with Crippen LogP contribution < -0.4 is 5.32 Å². The van der Waals surface area contributed by atoms with Crippen LogP contribution in [0, 0.1) is 0 Å². The lowest BCUT2D eigenvalue weighted by molar-refractivity contribution is 0.356. The Morgan fingerprint density at radius 3 is 2.93 bits per heavy atom. The molecule has 1 aromatic heterocycles. The number of anilines is 1. The summed E-state index contributed by atoms with van der Waals surface area (Å²) in [4.78, 5) is 4.38. The van der Waals surface area contributed by atoms with Crippen LogP contribution in [0.4, 0.5) is 5.95 Å². The highest BCUT2D eigenvalue weighted by Gasteiger charge is 2.17. The first-order valence-corrected chi connectivity index (χ1v) is 6.18. The molecule has 84 valence electrons. The van der Waals surface area contributed by atoms with Crippen molar-refractivity contribution in [2.24, 2.45) is 0 Å². The van der Waals surface area contributed by atoms with Crippen LogP contribution in [-0.2, 0) is 0 Å². The lowest BCUT2D eigenvalue weighted by Crippen LogP contribution is -2.15. The molecule has 0 aromatic carbocycles. The quantitative estimate of drug-likeness (QED) is 0.821. The van der Waals surface area contributed by atoms with Crippen LogP contribution >= 0.6 is 0 Å². The number of nitrogens with zero attached hydrogens (tertiary/aromatic N) is 2. The van der Waals surface area contributed by atoms with E-state index in [1.165, 1.54) is 32.1 Å². The Morgan fingerprint density at radius 2 is 2.20 bits per heavy atom. The molecule has 0 radical (unpaired) electrons. The first-order valence-electron chi connectivity index (χ1n) is 6.18. The van der Waals surface area contributed by atoms with Gasteiger partial charge >= 0.3 is 0 Å². The molecule has 0 unspecified atom stereocenters. The monoisotopic (exact) mass is 207 g/mol. The number of aromatic nitrogens is 2. The molecular weight excluding hydrogens is 186 g/mol. The summed E-state index contributed by atoms with van der Waals surface area (Å²) in [5.74, 6) is 1.06. The molecule has 1 aromatic rings. The van der Waals surface area contributed by atoms with E-state index in [1.807, 2.05) is 6.20 Å². The van der Waals surface area contributed by atoms with Gasteiger partial charge in [-0.1, -0.05) is 26.2 Å². The maximum absolute atomic E-state index is 4.38. The summed E-state index contributed by atoms with van der Waals surface area (Å²) in [5.41, 5.74) is 0. The van der Waals surface area contributed by atoms with Crippen LogP contribution in [0.2, 0.25) is 0 Å². The minimum Gasteiger partial charge on any atom is -0.356 e. The molecule has 1 aliphatic carbocycles. The molecule has 0 bridgehead atoms. The molecule has 15 heavy (non-hydrogen) atoms. The fourth-order valence-electron chi connectivity index (χ4n) is 2.34. The maximum atomic E-state index is 4.38. The van der Waals surface area contributed by atoms with E-state index >= 15 is 0 Å². The van der Waals surface area contributed by atoms with Crippen molar-refractivity contribution in [2.75, 3.05) is 11.9 Å². The van der Waals surface area contributed by atoms with Gasteiger partial charge in [0.15, 0.2) is 0 Å². The van der Waals surface area contributed by atoms with Crippen LogP contribution in [0.1, 0.15) is 51.5 Å². The molecule has 3 heteroatoms. The summed E-state index contributed by atoms with van der Waals surface area (Å²) in [6, 6.07) is 0.681. The Morgan fingerprint density at radius 1 is 1.40 bits per heavy atom. The molecule has 1 fully saturated rings. The molecule has 0 spiro atoms. The van der Waals surface area contributed by atoms with Gasteiger partial charge < -0.3 is 9.88 Å². The zero-order chi connectivity index (χ0) is 10.5. The second-order valence-electron chi connectivity index (χ2n) is 4.38. The fourth-order valence-corrected chi connectivity index (χ4v) is 2.34. The van der Waals surface area contributed by atoms with Gasteiger partial charge in [-0.15, -0.1) is 0 Å². The van der Waals surface area contributed by atoms with Gasteiger partial charge in [0.25, 0.3) is 0 Å². The molecule has 0 aliphatic heterocycles. The van der Waals surface area contributed by atoms with Crippen LogP contribution in [0.25, 0.3) is 0 Å². The lowest BCUT2D eigenvalue weighted by Gasteiger charge is -2.24. The second-order valence-corrected chi connectivity index (χ2v) is 4.38. The number of rotatable bonds is 4. The van der Waals surface area contributed by atoms with Crippen molar-refractivity contribution in [3.8, 4) is 0 Å². The average Bonchev–Trinajstić information content (AvgIpc) is 2.75. The van der Waals surface area contributed by atoms with Gasteiger partial charge in [-0.2, -0.15) is 0 Å². The highest BCUT2D eigenvalue weighted by atomic mass is 15.2. The van der Waals surface area contributed by atoms with E-state index in [9.17, 15) is 0 Å². The molecular formula is C12H21N3. The third-order valence-corrected chi connectivity index (χ3v) is 3.17. The van der Waals surface area contributed by atoms with Crippen molar-refractivity contribution in [1.82, 2.24) is 9.55 Å². The SMILES string of the molecule is CCCNc1nccn1C1CCCCC1. The van der Waals surface area contributed by atoms with Crippen molar-refractivity contribution in [2.45, 2.75) is 51.5 Å². The van der Waals surface area contributed by atoms with E-state index in [2.05, 4.69) is 28.0 Å². The van der Waals surface area contributed by atoms with E-state index in [4.69, 9.17) is 0 Å². The van der Waals surface area contributed by atoms with Crippen molar-refractivity contribution < 1.29 is 0 Å². The number of hydrogen-bond donors (Lipinski definition) is 1. The molecule has 0 atom stereocenters. The van der Waals surface area contributed by atoms with Crippen LogP contribution in [0.5, 0.6) is 0 Å².